The van der Waals surface area contributed by atoms with Crippen LogP contribution in [0.2, 0.25) is 10.0 Å². The van der Waals surface area contributed by atoms with E-state index in [9.17, 15) is 0 Å². The van der Waals surface area contributed by atoms with E-state index < -0.39 is 0 Å². The maximum atomic E-state index is 6.13. The Labute approximate surface area is 125 Å². The fraction of sp³-hybridized carbons (Fsp3) is 0.600. The topological polar surface area (TPSA) is 21.3 Å². The first-order valence-electron chi connectivity index (χ1n) is 6.88. The molecule has 0 aromatic heterocycles. The standard InChI is InChI=1S/C15H21Cl2NO/c1-3-8-18-14(15(19-2)10-4-5-10)11-6-7-12(16)13(17)9-11/h6-7,9-10,14-15,18H,3-5,8H2,1-2H3. The van der Waals surface area contributed by atoms with Gasteiger partial charge in [-0.2, -0.15) is 0 Å². The fourth-order valence-electron chi connectivity index (χ4n) is 2.45. The van der Waals surface area contributed by atoms with E-state index in [1.54, 1.807) is 7.11 Å². The van der Waals surface area contributed by atoms with E-state index in [1.807, 2.05) is 18.2 Å². The molecule has 1 aromatic carbocycles. The molecule has 0 spiro atoms. The van der Waals surface area contributed by atoms with Crippen LogP contribution in [-0.4, -0.2) is 19.8 Å². The number of hydrogen-bond donors (Lipinski definition) is 1. The predicted molar refractivity (Wildman–Crippen MR) is 81.0 cm³/mol. The molecule has 1 saturated carbocycles. The molecule has 106 valence electrons. The zero-order valence-electron chi connectivity index (χ0n) is 11.5. The van der Waals surface area contributed by atoms with Crippen molar-refractivity contribution in [3.05, 3.63) is 33.8 Å². The third kappa shape index (κ3) is 3.85. The average Bonchev–Trinajstić information content (AvgIpc) is 3.22. The van der Waals surface area contributed by atoms with Crippen molar-refractivity contribution in [1.29, 1.82) is 0 Å². The van der Waals surface area contributed by atoms with Crippen LogP contribution in [0.25, 0.3) is 0 Å². The molecule has 1 aromatic rings. The Morgan fingerprint density at radius 1 is 1.32 bits per heavy atom. The van der Waals surface area contributed by atoms with Crippen LogP contribution >= 0.6 is 23.2 Å². The quantitative estimate of drug-likeness (QED) is 0.803. The number of benzene rings is 1. The van der Waals surface area contributed by atoms with E-state index in [2.05, 4.69) is 12.2 Å². The summed E-state index contributed by atoms with van der Waals surface area (Å²) < 4.78 is 5.72. The van der Waals surface area contributed by atoms with Gasteiger partial charge in [0.25, 0.3) is 0 Å². The van der Waals surface area contributed by atoms with Gasteiger partial charge in [-0.25, -0.2) is 0 Å². The van der Waals surface area contributed by atoms with Gasteiger partial charge in [0.1, 0.15) is 0 Å². The molecule has 0 heterocycles. The van der Waals surface area contributed by atoms with Gasteiger partial charge in [-0.15, -0.1) is 0 Å². The summed E-state index contributed by atoms with van der Waals surface area (Å²) in [5.41, 5.74) is 1.15. The van der Waals surface area contributed by atoms with Crippen molar-refractivity contribution in [2.45, 2.75) is 38.3 Å². The zero-order valence-corrected chi connectivity index (χ0v) is 13.0. The van der Waals surface area contributed by atoms with Crippen molar-refractivity contribution < 1.29 is 4.74 Å². The summed E-state index contributed by atoms with van der Waals surface area (Å²) in [6.45, 7) is 3.13. The van der Waals surface area contributed by atoms with Crippen LogP contribution < -0.4 is 5.32 Å². The molecular weight excluding hydrogens is 281 g/mol. The van der Waals surface area contributed by atoms with E-state index in [4.69, 9.17) is 27.9 Å². The Balaban J connectivity index is 2.21. The third-order valence-electron chi connectivity index (χ3n) is 3.60. The summed E-state index contributed by atoms with van der Waals surface area (Å²) in [5.74, 6) is 0.661. The highest BCUT2D eigenvalue weighted by molar-refractivity contribution is 6.42. The SMILES string of the molecule is CCCNC(c1ccc(Cl)c(Cl)c1)C(OC)C1CC1. The summed E-state index contributed by atoms with van der Waals surface area (Å²) in [4.78, 5) is 0. The molecule has 1 aliphatic carbocycles. The molecule has 19 heavy (non-hydrogen) atoms. The van der Waals surface area contributed by atoms with Gasteiger partial charge < -0.3 is 10.1 Å². The lowest BCUT2D eigenvalue weighted by molar-refractivity contribution is 0.0507. The van der Waals surface area contributed by atoms with Crippen LogP contribution in [0, 0.1) is 5.92 Å². The largest absolute Gasteiger partial charge is 0.379 e. The number of halogens is 2. The molecule has 1 aliphatic rings. The maximum absolute atomic E-state index is 6.13. The summed E-state index contributed by atoms with van der Waals surface area (Å²) in [6.07, 6.45) is 3.82. The van der Waals surface area contributed by atoms with E-state index in [0.717, 1.165) is 18.5 Å². The number of rotatable bonds is 7. The highest BCUT2D eigenvalue weighted by Crippen LogP contribution is 2.40. The second kappa shape index (κ2) is 6.94. The maximum Gasteiger partial charge on any atom is 0.0794 e. The van der Waals surface area contributed by atoms with Crippen molar-refractivity contribution in [3.63, 3.8) is 0 Å². The minimum Gasteiger partial charge on any atom is -0.379 e. The highest BCUT2D eigenvalue weighted by Gasteiger charge is 2.37. The number of nitrogens with one attached hydrogen (secondary N) is 1. The Hall–Kier alpha value is -0.280. The van der Waals surface area contributed by atoms with Crippen LogP contribution in [0.4, 0.5) is 0 Å². The van der Waals surface area contributed by atoms with Gasteiger partial charge >= 0.3 is 0 Å². The molecule has 2 unspecified atom stereocenters. The summed E-state index contributed by atoms with van der Waals surface area (Å²) >= 11 is 12.1. The molecule has 0 saturated heterocycles. The summed E-state index contributed by atoms with van der Waals surface area (Å²) in [6, 6.07) is 6.04. The predicted octanol–water partition coefficient (Wildman–Crippen LogP) is 4.46. The van der Waals surface area contributed by atoms with Gasteiger partial charge in [0.15, 0.2) is 0 Å². The Morgan fingerprint density at radius 2 is 2.05 bits per heavy atom. The molecule has 0 radical (unpaired) electrons. The molecule has 2 nitrogen and oxygen atoms in total. The van der Waals surface area contributed by atoms with Gasteiger partial charge in [0, 0.05) is 7.11 Å². The molecule has 0 bridgehead atoms. The number of hydrogen-bond acceptors (Lipinski definition) is 2. The third-order valence-corrected chi connectivity index (χ3v) is 4.34. The minimum absolute atomic E-state index is 0.187. The van der Waals surface area contributed by atoms with Gasteiger partial charge in [-0.05, 0) is 49.4 Å². The number of methoxy groups -OCH3 is 1. The van der Waals surface area contributed by atoms with Gasteiger partial charge in [-0.1, -0.05) is 36.2 Å². The van der Waals surface area contributed by atoms with Crippen LogP contribution in [0.3, 0.4) is 0 Å². The Morgan fingerprint density at radius 3 is 2.58 bits per heavy atom. The molecule has 1 N–H and O–H groups in total. The average molecular weight is 302 g/mol. The number of ether oxygens (including phenoxy) is 1. The lowest BCUT2D eigenvalue weighted by Crippen LogP contribution is -2.35. The van der Waals surface area contributed by atoms with Crippen molar-refractivity contribution in [3.8, 4) is 0 Å². The van der Waals surface area contributed by atoms with Crippen LogP contribution in [0.15, 0.2) is 18.2 Å². The molecule has 2 rings (SSSR count). The molecular formula is C15H21Cl2NO. The van der Waals surface area contributed by atoms with Crippen LogP contribution in [0.1, 0.15) is 37.8 Å². The molecule has 0 amide bonds. The first kappa shape index (κ1) is 15.1. The van der Waals surface area contributed by atoms with Crippen molar-refractivity contribution in [1.82, 2.24) is 5.32 Å². The lowest BCUT2D eigenvalue weighted by atomic mass is 9.97. The Kier molecular flexibility index (Phi) is 5.52. The lowest BCUT2D eigenvalue weighted by Gasteiger charge is -2.28. The van der Waals surface area contributed by atoms with Gasteiger partial charge in [0.2, 0.25) is 0 Å². The summed E-state index contributed by atoms with van der Waals surface area (Å²) in [7, 11) is 1.79. The Bertz CT molecular complexity index is 421. The van der Waals surface area contributed by atoms with Crippen LogP contribution in [-0.2, 0) is 4.74 Å². The molecule has 2 atom stereocenters. The molecule has 1 fully saturated rings. The first-order chi connectivity index (χ1) is 9.17. The second-order valence-electron chi connectivity index (χ2n) is 5.14. The highest BCUT2D eigenvalue weighted by atomic mass is 35.5. The molecule has 0 aliphatic heterocycles. The van der Waals surface area contributed by atoms with Gasteiger partial charge in [0.05, 0.1) is 22.2 Å². The minimum atomic E-state index is 0.187. The smallest absolute Gasteiger partial charge is 0.0794 e. The molecule has 4 heteroatoms. The van der Waals surface area contributed by atoms with E-state index in [-0.39, 0.29) is 12.1 Å². The van der Waals surface area contributed by atoms with Crippen molar-refractivity contribution in [2.24, 2.45) is 5.92 Å². The van der Waals surface area contributed by atoms with Gasteiger partial charge in [-0.3, -0.25) is 0 Å². The van der Waals surface area contributed by atoms with E-state index in [0.29, 0.717) is 16.0 Å². The first-order valence-corrected chi connectivity index (χ1v) is 7.64. The van der Waals surface area contributed by atoms with Crippen LogP contribution in [0.5, 0.6) is 0 Å². The fourth-order valence-corrected chi connectivity index (χ4v) is 2.76. The van der Waals surface area contributed by atoms with E-state index >= 15 is 0 Å². The van der Waals surface area contributed by atoms with Crippen molar-refractivity contribution >= 4 is 23.2 Å². The van der Waals surface area contributed by atoms with Crippen molar-refractivity contribution in [2.75, 3.05) is 13.7 Å². The summed E-state index contributed by atoms with van der Waals surface area (Å²) in [5, 5.41) is 4.78. The second-order valence-corrected chi connectivity index (χ2v) is 5.96. The normalized spacial score (nSPS) is 18.3. The zero-order chi connectivity index (χ0) is 13.8. The van der Waals surface area contributed by atoms with E-state index in [1.165, 1.54) is 12.8 Å². The monoisotopic (exact) mass is 301 g/mol.